The summed E-state index contributed by atoms with van der Waals surface area (Å²) in [4.78, 5) is 10.1. The number of aliphatic hydroxyl groups is 1. The third kappa shape index (κ3) is 10.3. The van der Waals surface area contributed by atoms with Gasteiger partial charge in [0.1, 0.15) is 0 Å². The topological polar surface area (TPSA) is 51.6 Å². The summed E-state index contributed by atoms with van der Waals surface area (Å²) in [5.41, 5.74) is 8.72. The SMILES string of the molecule is Cc1cccc(CN(Cc2cccc(C)c2)Cc2cccc(CN(CCNCCCO)Cc3ccccc3)n2)c1. The molecule has 0 spiro atoms. The van der Waals surface area contributed by atoms with E-state index in [2.05, 4.69) is 126 Å². The first-order valence-corrected chi connectivity index (χ1v) is 14.4. The van der Waals surface area contributed by atoms with E-state index in [9.17, 15) is 0 Å². The molecule has 4 aromatic rings. The van der Waals surface area contributed by atoms with E-state index in [0.29, 0.717) is 0 Å². The quantitative estimate of drug-likeness (QED) is 0.175. The van der Waals surface area contributed by atoms with Gasteiger partial charge in [0, 0.05) is 52.4 Å². The van der Waals surface area contributed by atoms with Gasteiger partial charge in [-0.3, -0.25) is 14.8 Å². The Morgan fingerprint density at radius 1 is 0.600 bits per heavy atom. The average molecular weight is 537 g/mol. The predicted molar refractivity (Wildman–Crippen MR) is 165 cm³/mol. The number of aromatic nitrogens is 1. The van der Waals surface area contributed by atoms with Gasteiger partial charge in [-0.25, -0.2) is 0 Å². The summed E-state index contributed by atoms with van der Waals surface area (Å²) in [6, 6.07) is 34.7. The number of hydrogen-bond donors (Lipinski definition) is 2. The second-order valence-corrected chi connectivity index (χ2v) is 10.8. The molecule has 2 N–H and O–H groups in total. The molecule has 4 rings (SSSR count). The van der Waals surface area contributed by atoms with E-state index in [1.54, 1.807) is 0 Å². The molecule has 0 aliphatic rings. The highest BCUT2D eigenvalue weighted by molar-refractivity contribution is 5.24. The maximum absolute atomic E-state index is 9.08. The van der Waals surface area contributed by atoms with E-state index in [4.69, 9.17) is 10.1 Å². The van der Waals surface area contributed by atoms with Gasteiger partial charge >= 0.3 is 0 Å². The average Bonchev–Trinajstić information content (AvgIpc) is 2.94. The molecule has 0 saturated carbocycles. The van der Waals surface area contributed by atoms with Crippen molar-refractivity contribution in [3.8, 4) is 0 Å². The summed E-state index contributed by atoms with van der Waals surface area (Å²) >= 11 is 0. The summed E-state index contributed by atoms with van der Waals surface area (Å²) in [5, 5.41) is 12.5. The Labute approximate surface area is 240 Å². The zero-order valence-electron chi connectivity index (χ0n) is 24.1. The molecule has 1 aromatic heterocycles. The van der Waals surface area contributed by atoms with E-state index < -0.39 is 0 Å². The summed E-state index contributed by atoms with van der Waals surface area (Å²) in [6.45, 7) is 11.4. The minimum absolute atomic E-state index is 0.224. The highest BCUT2D eigenvalue weighted by atomic mass is 16.3. The number of pyridine rings is 1. The van der Waals surface area contributed by atoms with Crippen molar-refractivity contribution in [3.63, 3.8) is 0 Å². The van der Waals surface area contributed by atoms with Gasteiger partial charge in [0.15, 0.2) is 0 Å². The fourth-order valence-electron chi connectivity index (χ4n) is 5.09. The van der Waals surface area contributed by atoms with Crippen molar-refractivity contribution in [2.45, 2.75) is 53.0 Å². The fourth-order valence-corrected chi connectivity index (χ4v) is 5.09. The van der Waals surface area contributed by atoms with Crippen LogP contribution in [0.1, 0.15) is 45.6 Å². The van der Waals surface area contributed by atoms with Crippen molar-refractivity contribution < 1.29 is 5.11 Å². The Bertz CT molecular complexity index is 1250. The number of hydrogen-bond acceptors (Lipinski definition) is 5. The van der Waals surface area contributed by atoms with Gasteiger partial charge in [-0.05, 0) is 55.6 Å². The first-order valence-electron chi connectivity index (χ1n) is 14.4. The van der Waals surface area contributed by atoms with Gasteiger partial charge < -0.3 is 10.4 Å². The number of benzene rings is 3. The van der Waals surface area contributed by atoms with Gasteiger partial charge in [-0.15, -0.1) is 0 Å². The van der Waals surface area contributed by atoms with Crippen molar-refractivity contribution in [1.29, 1.82) is 0 Å². The third-order valence-corrected chi connectivity index (χ3v) is 6.98. The highest BCUT2D eigenvalue weighted by Crippen LogP contribution is 2.16. The smallest absolute Gasteiger partial charge is 0.0548 e. The maximum atomic E-state index is 9.08. The molecule has 40 heavy (non-hydrogen) atoms. The zero-order valence-corrected chi connectivity index (χ0v) is 24.1. The van der Waals surface area contributed by atoms with Crippen molar-refractivity contribution in [1.82, 2.24) is 20.1 Å². The molecule has 0 amide bonds. The van der Waals surface area contributed by atoms with E-state index in [1.807, 2.05) is 0 Å². The van der Waals surface area contributed by atoms with Crippen molar-refractivity contribution >= 4 is 0 Å². The third-order valence-electron chi connectivity index (χ3n) is 6.98. The molecule has 1 heterocycles. The fraction of sp³-hybridized carbons (Fsp3) is 0.343. The number of rotatable bonds is 16. The molecule has 0 bridgehead atoms. The normalized spacial score (nSPS) is 11.4. The molecule has 0 unspecified atom stereocenters. The summed E-state index contributed by atoms with van der Waals surface area (Å²) in [6.07, 6.45) is 0.782. The van der Waals surface area contributed by atoms with Crippen LogP contribution in [0.25, 0.3) is 0 Å². The Hall–Kier alpha value is -3.35. The van der Waals surface area contributed by atoms with Crippen molar-refractivity contribution in [3.05, 3.63) is 136 Å². The summed E-state index contributed by atoms with van der Waals surface area (Å²) in [7, 11) is 0. The lowest BCUT2D eigenvalue weighted by molar-refractivity contribution is 0.240. The molecule has 5 heteroatoms. The van der Waals surface area contributed by atoms with Crippen LogP contribution in [0.5, 0.6) is 0 Å². The number of aryl methyl sites for hydroxylation is 2. The Morgan fingerprint density at radius 3 is 1.75 bits per heavy atom. The van der Waals surface area contributed by atoms with Gasteiger partial charge in [-0.1, -0.05) is 96.1 Å². The molecule has 3 aromatic carbocycles. The van der Waals surface area contributed by atoms with Crippen LogP contribution in [0.2, 0.25) is 0 Å². The van der Waals surface area contributed by atoms with E-state index in [-0.39, 0.29) is 6.61 Å². The Balaban J connectivity index is 1.47. The molecular formula is C35H44N4O. The summed E-state index contributed by atoms with van der Waals surface area (Å²) < 4.78 is 0. The minimum atomic E-state index is 0.224. The number of nitrogens with one attached hydrogen (secondary N) is 1. The molecule has 0 aliphatic carbocycles. The summed E-state index contributed by atoms with van der Waals surface area (Å²) in [5.74, 6) is 0. The molecule has 5 nitrogen and oxygen atoms in total. The lowest BCUT2D eigenvalue weighted by atomic mass is 10.1. The first-order chi connectivity index (χ1) is 19.6. The molecule has 0 atom stereocenters. The lowest BCUT2D eigenvalue weighted by Gasteiger charge is -2.24. The van der Waals surface area contributed by atoms with Gasteiger partial charge in [0.05, 0.1) is 11.4 Å². The van der Waals surface area contributed by atoms with Crippen LogP contribution in [0.3, 0.4) is 0 Å². The molecule has 210 valence electrons. The van der Waals surface area contributed by atoms with E-state index in [1.165, 1.54) is 27.8 Å². The number of nitrogens with zero attached hydrogens (tertiary/aromatic N) is 3. The Morgan fingerprint density at radius 2 is 1.15 bits per heavy atom. The standard InChI is InChI=1S/C35H44N4O/c1-29-10-6-14-32(22-29)25-39(26-33-15-7-11-30(2)23-33)28-35-17-8-16-34(37-35)27-38(20-19-36-18-9-21-40)24-31-12-4-3-5-13-31/h3-8,10-17,22-23,36,40H,9,18-21,24-28H2,1-2H3. The van der Waals surface area contributed by atoms with Gasteiger partial charge in [-0.2, -0.15) is 0 Å². The van der Waals surface area contributed by atoms with E-state index >= 15 is 0 Å². The van der Waals surface area contributed by atoms with Crippen LogP contribution < -0.4 is 5.32 Å². The second-order valence-electron chi connectivity index (χ2n) is 10.8. The van der Waals surface area contributed by atoms with Crippen LogP contribution in [0, 0.1) is 13.8 Å². The van der Waals surface area contributed by atoms with Crippen molar-refractivity contribution in [2.75, 3.05) is 26.2 Å². The van der Waals surface area contributed by atoms with Crippen LogP contribution in [-0.4, -0.2) is 46.1 Å². The maximum Gasteiger partial charge on any atom is 0.0548 e. The molecule has 0 fully saturated rings. The van der Waals surface area contributed by atoms with Crippen LogP contribution >= 0.6 is 0 Å². The minimum Gasteiger partial charge on any atom is -0.396 e. The highest BCUT2D eigenvalue weighted by Gasteiger charge is 2.13. The molecule has 0 radical (unpaired) electrons. The van der Waals surface area contributed by atoms with Crippen LogP contribution in [0.4, 0.5) is 0 Å². The first kappa shape index (κ1) is 29.6. The van der Waals surface area contributed by atoms with Crippen molar-refractivity contribution in [2.24, 2.45) is 0 Å². The molecule has 0 aliphatic heterocycles. The molecule has 0 saturated heterocycles. The van der Waals surface area contributed by atoms with Crippen LogP contribution in [0.15, 0.2) is 97.1 Å². The van der Waals surface area contributed by atoms with Crippen LogP contribution in [-0.2, 0) is 32.7 Å². The monoisotopic (exact) mass is 536 g/mol. The van der Waals surface area contributed by atoms with Gasteiger partial charge in [0.25, 0.3) is 0 Å². The van der Waals surface area contributed by atoms with Gasteiger partial charge in [0.2, 0.25) is 0 Å². The Kier molecular flexibility index (Phi) is 11.9. The lowest BCUT2D eigenvalue weighted by Crippen LogP contribution is -2.32. The molecular weight excluding hydrogens is 492 g/mol. The second kappa shape index (κ2) is 16.0. The van der Waals surface area contributed by atoms with E-state index in [0.717, 1.165) is 70.2 Å². The zero-order chi connectivity index (χ0) is 28.0. The predicted octanol–water partition coefficient (Wildman–Crippen LogP) is 5.88. The largest absolute Gasteiger partial charge is 0.396 e. The number of aliphatic hydroxyl groups excluding tert-OH is 1.